The number of carbonyl (C=O) groups excluding carboxylic acids is 2. The van der Waals surface area contributed by atoms with Crippen molar-refractivity contribution in [1.29, 1.82) is 5.26 Å². The molecule has 1 atom stereocenters. The lowest BCUT2D eigenvalue weighted by atomic mass is 9.95. The fourth-order valence-electron chi connectivity index (χ4n) is 3.06. The number of hydrogen-bond donors (Lipinski definition) is 0. The van der Waals surface area contributed by atoms with E-state index in [0.29, 0.717) is 24.0 Å². The van der Waals surface area contributed by atoms with Crippen molar-refractivity contribution in [2.75, 3.05) is 6.54 Å². The van der Waals surface area contributed by atoms with Crippen LogP contribution in [-0.4, -0.2) is 23.3 Å². The van der Waals surface area contributed by atoms with Gasteiger partial charge in [-0.1, -0.05) is 42.5 Å². The van der Waals surface area contributed by atoms with Gasteiger partial charge < -0.3 is 0 Å². The van der Waals surface area contributed by atoms with Crippen molar-refractivity contribution < 1.29 is 9.59 Å². The summed E-state index contributed by atoms with van der Waals surface area (Å²) < 4.78 is 0. The van der Waals surface area contributed by atoms with Crippen molar-refractivity contribution in [1.82, 2.24) is 4.90 Å². The van der Waals surface area contributed by atoms with Crippen molar-refractivity contribution in [3.63, 3.8) is 0 Å². The predicted molar refractivity (Wildman–Crippen MR) is 94.6 cm³/mol. The number of rotatable bonds is 7. The highest BCUT2D eigenvalue weighted by Gasteiger charge is 2.34. The van der Waals surface area contributed by atoms with Gasteiger partial charge in [0.25, 0.3) is 11.8 Å². The van der Waals surface area contributed by atoms with Crippen LogP contribution in [0.1, 0.15) is 39.1 Å². The minimum absolute atomic E-state index is 0.0687. The Labute approximate surface area is 147 Å². The Morgan fingerprint density at radius 2 is 1.56 bits per heavy atom. The third kappa shape index (κ3) is 3.77. The zero-order valence-electron chi connectivity index (χ0n) is 13.9. The number of hydrogen-bond acceptors (Lipinski definition) is 3. The minimum atomic E-state index is -0.238. The Balaban J connectivity index is 1.48. The molecular weight excluding hydrogens is 312 g/mol. The predicted octanol–water partition coefficient (Wildman–Crippen LogP) is 3.65. The second-order valence-electron chi connectivity index (χ2n) is 6.15. The summed E-state index contributed by atoms with van der Waals surface area (Å²) in [6.45, 7) is 0.288. The number of nitrogens with zero attached hydrogens (tertiary/aromatic N) is 2. The summed E-state index contributed by atoms with van der Waals surface area (Å²) in [5.41, 5.74) is 2.09. The molecule has 1 radical (unpaired) electrons. The Hall–Kier alpha value is -2.93. The highest BCUT2D eigenvalue weighted by atomic mass is 16.2. The molecule has 25 heavy (non-hydrogen) atoms. The molecule has 4 nitrogen and oxygen atoms in total. The number of amides is 2. The van der Waals surface area contributed by atoms with Gasteiger partial charge in [0.05, 0.1) is 23.1 Å². The van der Waals surface area contributed by atoms with Crippen LogP contribution < -0.4 is 0 Å². The first kappa shape index (κ1) is 16.9. The first-order chi connectivity index (χ1) is 12.2. The largest absolute Gasteiger partial charge is 0.274 e. The van der Waals surface area contributed by atoms with Gasteiger partial charge in [-0.15, -0.1) is 0 Å². The monoisotopic (exact) mass is 331 g/mol. The Morgan fingerprint density at radius 1 is 0.960 bits per heavy atom. The van der Waals surface area contributed by atoms with E-state index in [1.807, 2.05) is 36.8 Å². The Morgan fingerprint density at radius 3 is 2.16 bits per heavy atom. The Kier molecular flexibility index (Phi) is 5.25. The van der Waals surface area contributed by atoms with E-state index in [2.05, 4.69) is 6.07 Å². The SMILES string of the molecule is N#CC(CC[CH]CN1C(=O)c2ccccc2C1=O)Cc1ccccc1. The van der Waals surface area contributed by atoms with E-state index in [4.69, 9.17) is 0 Å². The highest BCUT2D eigenvalue weighted by Crippen LogP contribution is 2.23. The molecule has 0 aromatic heterocycles. The zero-order valence-corrected chi connectivity index (χ0v) is 13.9. The third-order valence-electron chi connectivity index (χ3n) is 4.42. The van der Waals surface area contributed by atoms with Gasteiger partial charge in [0, 0.05) is 6.54 Å². The second-order valence-corrected chi connectivity index (χ2v) is 6.15. The van der Waals surface area contributed by atoms with Crippen molar-refractivity contribution >= 4 is 11.8 Å². The van der Waals surface area contributed by atoms with Gasteiger partial charge in [0.1, 0.15) is 0 Å². The molecule has 0 saturated heterocycles. The molecule has 0 spiro atoms. The van der Waals surface area contributed by atoms with Crippen LogP contribution in [0.5, 0.6) is 0 Å². The van der Waals surface area contributed by atoms with Crippen LogP contribution in [0.4, 0.5) is 0 Å². The van der Waals surface area contributed by atoms with Gasteiger partial charge in [0.2, 0.25) is 0 Å². The number of carbonyl (C=O) groups is 2. The molecule has 3 rings (SSSR count). The first-order valence-electron chi connectivity index (χ1n) is 8.41. The molecule has 0 bridgehead atoms. The third-order valence-corrected chi connectivity index (χ3v) is 4.42. The Bertz CT molecular complexity index is 773. The molecule has 1 aliphatic heterocycles. The van der Waals surface area contributed by atoms with Gasteiger partial charge >= 0.3 is 0 Å². The average Bonchev–Trinajstić information content (AvgIpc) is 2.90. The number of imide groups is 1. The van der Waals surface area contributed by atoms with Crippen molar-refractivity contribution in [2.24, 2.45) is 5.92 Å². The van der Waals surface area contributed by atoms with E-state index in [9.17, 15) is 14.9 Å². The van der Waals surface area contributed by atoms with Crippen LogP contribution in [0.25, 0.3) is 0 Å². The number of benzene rings is 2. The molecule has 1 heterocycles. The van der Waals surface area contributed by atoms with Gasteiger partial charge in [-0.2, -0.15) is 5.26 Å². The summed E-state index contributed by atoms with van der Waals surface area (Å²) in [5, 5.41) is 9.32. The van der Waals surface area contributed by atoms with Gasteiger partial charge in [-0.25, -0.2) is 0 Å². The summed E-state index contributed by atoms with van der Waals surface area (Å²) in [7, 11) is 0. The van der Waals surface area contributed by atoms with E-state index in [0.717, 1.165) is 12.0 Å². The molecule has 0 aliphatic carbocycles. The first-order valence-corrected chi connectivity index (χ1v) is 8.41. The second kappa shape index (κ2) is 7.76. The summed E-state index contributed by atoms with van der Waals surface area (Å²) >= 11 is 0. The zero-order chi connectivity index (χ0) is 17.6. The number of fused-ring (bicyclic) bond motifs is 1. The molecule has 4 heteroatoms. The van der Waals surface area contributed by atoms with Crippen molar-refractivity contribution in [3.8, 4) is 6.07 Å². The van der Waals surface area contributed by atoms with Gasteiger partial charge in [-0.3, -0.25) is 14.5 Å². The standard InChI is InChI=1S/C21H19N2O2/c22-15-17(14-16-8-2-1-3-9-16)10-6-7-13-23-20(24)18-11-4-5-12-19(18)21(23)25/h1-5,7-9,11-12,17H,6,10,13-14H2. The van der Waals surface area contributed by atoms with Gasteiger partial charge in [0.15, 0.2) is 0 Å². The van der Waals surface area contributed by atoms with E-state index in [1.54, 1.807) is 24.3 Å². The normalized spacial score (nSPS) is 14.3. The molecule has 2 aromatic carbocycles. The molecule has 1 unspecified atom stereocenters. The van der Waals surface area contributed by atoms with Crippen LogP contribution in [0.3, 0.4) is 0 Å². The quantitative estimate of drug-likeness (QED) is 0.575. The molecule has 1 aliphatic rings. The molecule has 0 fully saturated rings. The summed E-state index contributed by atoms with van der Waals surface area (Å²) in [6, 6.07) is 19.2. The number of unbranched alkanes of at least 4 members (excludes halogenated alkanes) is 1. The van der Waals surface area contributed by atoms with E-state index >= 15 is 0 Å². The maximum Gasteiger partial charge on any atom is 0.261 e. The van der Waals surface area contributed by atoms with E-state index in [1.165, 1.54) is 4.90 Å². The fourth-order valence-corrected chi connectivity index (χ4v) is 3.06. The van der Waals surface area contributed by atoms with Gasteiger partial charge in [-0.05, 0) is 43.4 Å². The average molecular weight is 331 g/mol. The molecule has 0 N–H and O–H groups in total. The smallest absolute Gasteiger partial charge is 0.261 e. The summed E-state index contributed by atoms with van der Waals surface area (Å²) in [6.07, 6.45) is 4.04. The molecular formula is C21H19N2O2. The summed E-state index contributed by atoms with van der Waals surface area (Å²) in [5.74, 6) is -0.545. The molecule has 0 saturated carbocycles. The fraction of sp³-hybridized carbons (Fsp3) is 0.238. The molecule has 125 valence electrons. The van der Waals surface area contributed by atoms with Crippen molar-refractivity contribution in [2.45, 2.75) is 19.3 Å². The van der Waals surface area contributed by atoms with E-state index < -0.39 is 0 Å². The van der Waals surface area contributed by atoms with Crippen LogP contribution in [-0.2, 0) is 6.42 Å². The van der Waals surface area contributed by atoms with Crippen LogP contribution >= 0.6 is 0 Å². The maximum absolute atomic E-state index is 12.3. The maximum atomic E-state index is 12.3. The van der Waals surface area contributed by atoms with Crippen LogP contribution in [0.2, 0.25) is 0 Å². The topological polar surface area (TPSA) is 61.2 Å². The highest BCUT2D eigenvalue weighted by molar-refractivity contribution is 6.21. The number of nitriles is 1. The lowest BCUT2D eigenvalue weighted by Gasteiger charge is -2.14. The van der Waals surface area contributed by atoms with Crippen LogP contribution in [0, 0.1) is 23.7 Å². The molecule has 2 amide bonds. The van der Waals surface area contributed by atoms with Crippen molar-refractivity contribution in [3.05, 3.63) is 77.7 Å². The summed E-state index contributed by atoms with van der Waals surface area (Å²) in [4.78, 5) is 25.8. The minimum Gasteiger partial charge on any atom is -0.274 e. The van der Waals surface area contributed by atoms with E-state index in [-0.39, 0.29) is 24.3 Å². The van der Waals surface area contributed by atoms with Crippen LogP contribution in [0.15, 0.2) is 54.6 Å². The molecule has 2 aromatic rings. The lowest BCUT2D eigenvalue weighted by Crippen LogP contribution is -2.31. The lowest BCUT2D eigenvalue weighted by molar-refractivity contribution is 0.0665.